The summed E-state index contributed by atoms with van der Waals surface area (Å²) in [5.41, 5.74) is 0. The summed E-state index contributed by atoms with van der Waals surface area (Å²) in [6, 6.07) is -0.556. The fourth-order valence-corrected chi connectivity index (χ4v) is 11.1. The fraction of sp³-hybridized carbons (Fsp3) is 0.915. The van der Waals surface area contributed by atoms with Crippen LogP contribution in [0.4, 0.5) is 0 Å². The second-order valence-corrected chi connectivity index (χ2v) is 24.2. The summed E-state index contributed by atoms with van der Waals surface area (Å²) >= 11 is 0. The lowest BCUT2D eigenvalue weighted by atomic mass is 10.0. The third-order valence-corrected chi connectivity index (χ3v) is 16.5. The van der Waals surface area contributed by atoms with E-state index >= 15 is 0 Å². The Kier molecular flexibility index (Phi) is 65.4. The number of unbranched alkanes of at least 4 members (excludes halogenated alkanes) is 51. The molecule has 0 radical (unpaired) electrons. The molecule has 456 valence electrons. The number of nitrogens with one attached hydrogen (secondary N) is 1. The van der Waals surface area contributed by atoms with Gasteiger partial charge in [0, 0.05) is 12.8 Å². The molecule has 0 rings (SSSR count). The van der Waals surface area contributed by atoms with Crippen molar-refractivity contribution in [2.75, 3.05) is 13.2 Å². The van der Waals surface area contributed by atoms with Crippen molar-refractivity contribution in [1.82, 2.24) is 5.32 Å². The quantitative estimate of drug-likeness (QED) is 0.0320. The topological polar surface area (TPSA) is 95.9 Å². The van der Waals surface area contributed by atoms with Gasteiger partial charge in [-0.1, -0.05) is 327 Å². The molecule has 3 N–H and O–H groups in total. The summed E-state index contributed by atoms with van der Waals surface area (Å²) in [6.45, 7) is 4.96. The van der Waals surface area contributed by atoms with Crippen LogP contribution < -0.4 is 5.32 Å². The molecule has 6 heteroatoms. The lowest BCUT2D eigenvalue weighted by Crippen LogP contribution is -2.45. The lowest BCUT2D eigenvalue weighted by molar-refractivity contribution is -0.143. The maximum absolute atomic E-state index is 12.5. The number of aliphatic hydroxyl groups excluding tert-OH is 2. The molecular formula is C71H137NO5. The van der Waals surface area contributed by atoms with Crippen LogP contribution in [0.1, 0.15) is 393 Å². The van der Waals surface area contributed by atoms with E-state index in [2.05, 4.69) is 43.5 Å². The number of rotatable bonds is 66. The van der Waals surface area contributed by atoms with Crippen molar-refractivity contribution in [3.8, 4) is 0 Å². The van der Waals surface area contributed by atoms with Crippen LogP contribution in [-0.2, 0) is 14.3 Å². The molecule has 77 heavy (non-hydrogen) atoms. The average Bonchev–Trinajstić information content (AvgIpc) is 3.43. The fourth-order valence-electron chi connectivity index (χ4n) is 11.1. The van der Waals surface area contributed by atoms with E-state index in [9.17, 15) is 19.8 Å². The molecule has 0 aromatic carbocycles. The average molecular weight is 1080 g/mol. The van der Waals surface area contributed by atoms with Gasteiger partial charge in [-0.3, -0.25) is 9.59 Å². The smallest absolute Gasteiger partial charge is 0.305 e. The molecule has 0 bridgehead atoms. The summed E-state index contributed by atoms with van der Waals surface area (Å²) in [4.78, 5) is 24.7. The van der Waals surface area contributed by atoms with Crippen molar-refractivity contribution in [2.45, 2.75) is 405 Å². The van der Waals surface area contributed by atoms with Crippen LogP contribution >= 0.6 is 0 Å². The monoisotopic (exact) mass is 1080 g/mol. The third kappa shape index (κ3) is 63.4. The predicted octanol–water partition coefficient (Wildman–Crippen LogP) is 22.5. The Morgan fingerprint density at radius 1 is 0.351 bits per heavy atom. The van der Waals surface area contributed by atoms with Gasteiger partial charge in [0.1, 0.15) is 0 Å². The van der Waals surface area contributed by atoms with Gasteiger partial charge in [-0.05, 0) is 77.0 Å². The highest BCUT2D eigenvalue weighted by Crippen LogP contribution is 2.19. The zero-order valence-electron chi connectivity index (χ0n) is 52.2. The van der Waals surface area contributed by atoms with E-state index in [1.54, 1.807) is 0 Å². The number of hydrogen-bond donors (Lipinski definition) is 3. The number of ether oxygens (including phenoxy) is 1. The molecule has 0 spiro atoms. The zero-order valence-corrected chi connectivity index (χ0v) is 52.2. The Morgan fingerprint density at radius 2 is 0.610 bits per heavy atom. The minimum Gasteiger partial charge on any atom is -0.466 e. The summed E-state index contributed by atoms with van der Waals surface area (Å²) < 4.78 is 5.50. The molecular weight excluding hydrogens is 947 g/mol. The number of carbonyl (C=O) groups is 2. The maximum Gasteiger partial charge on any atom is 0.305 e. The highest BCUT2D eigenvalue weighted by atomic mass is 16.5. The van der Waals surface area contributed by atoms with Crippen molar-refractivity contribution in [3.05, 3.63) is 24.3 Å². The first-order chi connectivity index (χ1) is 38.0. The summed E-state index contributed by atoms with van der Waals surface area (Å²) in [5.74, 6) is -0.0494. The molecule has 0 aliphatic heterocycles. The number of hydrogen-bond acceptors (Lipinski definition) is 5. The van der Waals surface area contributed by atoms with Crippen molar-refractivity contribution in [2.24, 2.45) is 0 Å². The van der Waals surface area contributed by atoms with Crippen molar-refractivity contribution in [1.29, 1.82) is 0 Å². The molecule has 0 saturated carbocycles. The molecule has 2 atom stereocenters. The van der Waals surface area contributed by atoms with E-state index in [0.717, 1.165) is 64.2 Å². The number of allylic oxidation sites excluding steroid dienone is 4. The Morgan fingerprint density at radius 3 is 0.922 bits per heavy atom. The SMILES string of the molecule is CCCCCCCC/C=C\CCCCCCCCCCCC(=O)OCCCCCCCCC/C=C\CCCCCCCC(=O)NC(CO)C(O)CCCCCCCCCCCCCCCCCCCCCCCCCCC. The van der Waals surface area contributed by atoms with Gasteiger partial charge >= 0.3 is 5.97 Å². The third-order valence-electron chi connectivity index (χ3n) is 16.5. The minimum atomic E-state index is -0.677. The molecule has 1 amide bonds. The zero-order chi connectivity index (χ0) is 55.7. The van der Waals surface area contributed by atoms with Gasteiger partial charge in [0.2, 0.25) is 5.91 Å². The van der Waals surface area contributed by atoms with Gasteiger partial charge < -0.3 is 20.3 Å². The van der Waals surface area contributed by atoms with Crippen LogP contribution in [0.25, 0.3) is 0 Å². The highest BCUT2D eigenvalue weighted by Gasteiger charge is 2.20. The van der Waals surface area contributed by atoms with Crippen molar-refractivity contribution >= 4 is 11.9 Å². The first kappa shape index (κ1) is 75.3. The van der Waals surface area contributed by atoms with Gasteiger partial charge in [-0.2, -0.15) is 0 Å². The number of aliphatic hydroxyl groups is 2. The summed E-state index contributed by atoms with van der Waals surface area (Å²) in [7, 11) is 0. The van der Waals surface area contributed by atoms with Crippen LogP contribution in [0.3, 0.4) is 0 Å². The van der Waals surface area contributed by atoms with Crippen LogP contribution in [-0.4, -0.2) is 47.4 Å². The van der Waals surface area contributed by atoms with E-state index in [4.69, 9.17) is 4.74 Å². The van der Waals surface area contributed by atoms with Gasteiger partial charge in [0.05, 0.1) is 25.4 Å². The number of carbonyl (C=O) groups excluding carboxylic acids is 2. The number of esters is 1. The first-order valence-electron chi connectivity index (χ1n) is 35.1. The molecule has 0 fully saturated rings. The molecule has 6 nitrogen and oxygen atoms in total. The molecule has 0 aromatic rings. The molecule has 0 saturated heterocycles. The van der Waals surface area contributed by atoms with Crippen molar-refractivity contribution < 1.29 is 24.5 Å². The Bertz CT molecular complexity index is 1200. The molecule has 0 heterocycles. The molecule has 0 aliphatic rings. The van der Waals surface area contributed by atoms with Crippen LogP contribution in [0.5, 0.6) is 0 Å². The molecule has 0 aliphatic carbocycles. The van der Waals surface area contributed by atoms with Gasteiger partial charge in [0.25, 0.3) is 0 Å². The second kappa shape index (κ2) is 66.8. The Balaban J connectivity index is 3.43. The van der Waals surface area contributed by atoms with Gasteiger partial charge in [-0.15, -0.1) is 0 Å². The molecule has 2 unspecified atom stereocenters. The second-order valence-electron chi connectivity index (χ2n) is 24.2. The minimum absolute atomic E-state index is 0.00193. The van der Waals surface area contributed by atoms with E-state index in [1.807, 2.05) is 0 Å². The van der Waals surface area contributed by atoms with Crippen LogP contribution in [0.2, 0.25) is 0 Å². The van der Waals surface area contributed by atoms with Crippen LogP contribution in [0.15, 0.2) is 24.3 Å². The first-order valence-corrected chi connectivity index (χ1v) is 35.1. The summed E-state index contributed by atoms with van der Waals surface area (Å²) in [6.07, 6.45) is 83.6. The summed E-state index contributed by atoms with van der Waals surface area (Å²) in [5, 5.41) is 23.4. The van der Waals surface area contributed by atoms with Gasteiger partial charge in [-0.25, -0.2) is 0 Å². The van der Waals surface area contributed by atoms with E-state index in [1.165, 1.54) is 295 Å². The van der Waals surface area contributed by atoms with E-state index in [0.29, 0.717) is 25.9 Å². The van der Waals surface area contributed by atoms with E-state index < -0.39 is 12.1 Å². The Hall–Kier alpha value is -1.66. The lowest BCUT2D eigenvalue weighted by Gasteiger charge is -2.22. The van der Waals surface area contributed by atoms with Gasteiger partial charge in [0.15, 0.2) is 0 Å². The normalized spacial score (nSPS) is 12.6. The van der Waals surface area contributed by atoms with Crippen molar-refractivity contribution in [3.63, 3.8) is 0 Å². The Labute approximate surface area is 481 Å². The maximum atomic E-state index is 12.5. The van der Waals surface area contributed by atoms with Crippen LogP contribution in [0, 0.1) is 0 Å². The largest absolute Gasteiger partial charge is 0.466 e. The van der Waals surface area contributed by atoms with E-state index in [-0.39, 0.29) is 18.5 Å². The highest BCUT2D eigenvalue weighted by molar-refractivity contribution is 5.76. The number of amides is 1. The predicted molar refractivity (Wildman–Crippen MR) is 338 cm³/mol. The standard InChI is InChI=1S/C71H137NO5/c1-3-5-7-9-11-13-15-17-19-21-23-24-25-26-27-28-30-31-35-39-43-47-51-55-59-63-69(74)68(67-73)72-70(75)64-60-56-52-48-44-40-36-33-34-38-42-46-50-54-58-62-66-77-71(76)65-61-57-53-49-45-41-37-32-29-22-20-18-16-14-12-10-8-6-4-2/h18,20,33,36,68-69,73-74H,3-17,19,21-32,34-35,37-67H2,1-2H3,(H,72,75)/b20-18-,36-33-. The molecule has 0 aromatic heterocycles.